The van der Waals surface area contributed by atoms with Crippen molar-refractivity contribution in [3.8, 4) is 11.1 Å². The van der Waals surface area contributed by atoms with Gasteiger partial charge < -0.3 is 10.2 Å². The minimum atomic E-state index is -4.04. The van der Waals surface area contributed by atoms with Crippen molar-refractivity contribution in [3.05, 3.63) is 72.3 Å². The monoisotopic (exact) mass is 441 g/mol. The summed E-state index contributed by atoms with van der Waals surface area (Å²) < 4.78 is 21.4. The van der Waals surface area contributed by atoms with Crippen LogP contribution < -0.4 is 5.32 Å². The Morgan fingerprint density at radius 3 is 2.48 bits per heavy atom. The molecular weight excluding hydrogens is 413 g/mol. The normalized spacial score (nSPS) is 13.3. The molecule has 0 aliphatic rings. The molecule has 6 nitrogen and oxygen atoms in total. The number of phosphoric ester groups is 1. The maximum atomic E-state index is 12.6. The van der Waals surface area contributed by atoms with Crippen molar-refractivity contribution >= 4 is 24.5 Å². The van der Waals surface area contributed by atoms with Crippen molar-refractivity contribution in [2.75, 3.05) is 13.2 Å². The summed E-state index contributed by atoms with van der Waals surface area (Å²) in [4.78, 5) is 22.1. The third kappa shape index (κ3) is 6.74. The molecule has 0 radical (unpaired) electrons. The topological polar surface area (TPSA) is 84.9 Å². The van der Waals surface area contributed by atoms with E-state index in [1.807, 2.05) is 54.6 Å². The van der Waals surface area contributed by atoms with Crippen LogP contribution in [0.1, 0.15) is 25.8 Å². The van der Waals surface area contributed by atoms with Gasteiger partial charge in [-0.3, -0.25) is 13.8 Å². The molecule has 0 bridgehead atoms. The van der Waals surface area contributed by atoms with Crippen LogP contribution in [0, 0.1) is 0 Å². The molecule has 3 rings (SSSR count). The van der Waals surface area contributed by atoms with Crippen LogP contribution in [0.2, 0.25) is 0 Å². The Labute approximate surface area is 182 Å². The summed E-state index contributed by atoms with van der Waals surface area (Å²) in [5.41, 5.74) is 3.08. The molecule has 2 N–H and O–H groups in total. The number of phosphoric acid groups is 1. The lowest BCUT2D eigenvalue weighted by atomic mass is 9.92. The number of amides is 1. The van der Waals surface area contributed by atoms with Crippen LogP contribution in [0.3, 0.4) is 0 Å². The molecule has 0 spiro atoms. The van der Waals surface area contributed by atoms with E-state index in [4.69, 9.17) is 9.05 Å². The highest BCUT2D eigenvalue weighted by Gasteiger charge is 2.22. The SMILES string of the molecule is CC(C)OP(=O)(O)OCCCNC(=O)Cc1ccc2ccccc2c1-c1ccccc1. The maximum Gasteiger partial charge on any atom is 0.472 e. The Morgan fingerprint density at radius 2 is 1.74 bits per heavy atom. The van der Waals surface area contributed by atoms with E-state index in [1.54, 1.807) is 13.8 Å². The Balaban J connectivity index is 1.63. The first kappa shape index (κ1) is 23.2. The number of hydrogen-bond acceptors (Lipinski definition) is 4. The van der Waals surface area contributed by atoms with Crippen LogP contribution in [-0.2, 0) is 24.8 Å². The van der Waals surface area contributed by atoms with Crippen molar-refractivity contribution in [3.63, 3.8) is 0 Å². The standard InChI is InChI=1S/C24H28NO5P/c1-18(2)30-31(27,28)29-16-8-15-25-23(26)17-21-14-13-19-9-6-7-12-22(19)24(21)20-10-4-3-5-11-20/h3-7,9-14,18H,8,15-17H2,1-2H3,(H,25,26)(H,27,28). The number of fused-ring (bicyclic) bond motifs is 1. The molecule has 0 aliphatic carbocycles. The molecule has 0 saturated carbocycles. The molecule has 1 unspecified atom stereocenters. The van der Waals surface area contributed by atoms with Gasteiger partial charge in [0.1, 0.15) is 0 Å². The van der Waals surface area contributed by atoms with E-state index < -0.39 is 13.9 Å². The molecule has 0 aromatic heterocycles. The van der Waals surface area contributed by atoms with Crippen LogP contribution in [0.5, 0.6) is 0 Å². The number of rotatable bonds is 10. The predicted octanol–water partition coefficient (Wildman–Crippen LogP) is 5.10. The van der Waals surface area contributed by atoms with Crippen LogP contribution in [0.25, 0.3) is 21.9 Å². The van der Waals surface area contributed by atoms with E-state index in [0.29, 0.717) is 13.0 Å². The Morgan fingerprint density at radius 1 is 1.03 bits per heavy atom. The van der Waals surface area contributed by atoms with Crippen molar-refractivity contribution in [1.82, 2.24) is 5.32 Å². The summed E-state index contributed by atoms with van der Waals surface area (Å²) in [6, 6.07) is 22.2. The first-order valence-corrected chi connectivity index (χ1v) is 11.8. The molecule has 0 aliphatic heterocycles. The van der Waals surface area contributed by atoms with Crippen molar-refractivity contribution in [2.45, 2.75) is 32.8 Å². The fourth-order valence-corrected chi connectivity index (χ4v) is 4.38. The molecule has 1 amide bonds. The van der Waals surface area contributed by atoms with Gasteiger partial charge in [0.05, 0.1) is 19.1 Å². The Kier molecular flexibility index (Phi) is 7.99. The third-order valence-electron chi connectivity index (χ3n) is 4.67. The van der Waals surface area contributed by atoms with Gasteiger partial charge in [-0.05, 0) is 47.7 Å². The fraction of sp³-hybridized carbons (Fsp3) is 0.292. The largest absolute Gasteiger partial charge is 0.472 e. The highest BCUT2D eigenvalue weighted by Crippen LogP contribution is 2.44. The van der Waals surface area contributed by atoms with Crippen LogP contribution in [-0.4, -0.2) is 30.1 Å². The first-order valence-electron chi connectivity index (χ1n) is 10.3. The lowest BCUT2D eigenvalue weighted by Crippen LogP contribution is -2.27. The van der Waals surface area contributed by atoms with Gasteiger partial charge in [-0.25, -0.2) is 4.57 Å². The molecule has 164 valence electrons. The van der Waals surface area contributed by atoms with Gasteiger partial charge >= 0.3 is 7.82 Å². The quantitative estimate of drug-likeness (QED) is 0.338. The molecule has 0 saturated heterocycles. The van der Waals surface area contributed by atoms with Gasteiger partial charge in [-0.1, -0.05) is 66.7 Å². The van der Waals surface area contributed by atoms with E-state index in [9.17, 15) is 14.3 Å². The number of carbonyl (C=O) groups excluding carboxylic acids is 1. The molecule has 3 aromatic rings. The maximum absolute atomic E-state index is 12.6. The minimum absolute atomic E-state index is 0.0199. The smallest absolute Gasteiger partial charge is 0.356 e. The van der Waals surface area contributed by atoms with Gasteiger partial charge in [0.2, 0.25) is 5.91 Å². The van der Waals surface area contributed by atoms with Crippen molar-refractivity contribution in [1.29, 1.82) is 0 Å². The Hall–Kier alpha value is -2.50. The second-order valence-electron chi connectivity index (χ2n) is 7.52. The third-order valence-corrected chi connectivity index (χ3v) is 5.87. The van der Waals surface area contributed by atoms with Crippen LogP contribution in [0.15, 0.2) is 66.7 Å². The van der Waals surface area contributed by atoms with Crippen LogP contribution in [0.4, 0.5) is 0 Å². The summed E-state index contributed by atoms with van der Waals surface area (Å²) in [5.74, 6) is -0.113. The number of benzene rings is 3. The molecule has 31 heavy (non-hydrogen) atoms. The average molecular weight is 441 g/mol. The minimum Gasteiger partial charge on any atom is -0.356 e. The molecule has 3 aromatic carbocycles. The zero-order valence-corrected chi connectivity index (χ0v) is 18.7. The zero-order valence-electron chi connectivity index (χ0n) is 17.8. The first-order chi connectivity index (χ1) is 14.9. The lowest BCUT2D eigenvalue weighted by molar-refractivity contribution is -0.120. The second-order valence-corrected chi connectivity index (χ2v) is 8.93. The zero-order chi connectivity index (χ0) is 22.3. The van der Waals surface area contributed by atoms with E-state index >= 15 is 0 Å². The second kappa shape index (κ2) is 10.7. The molecular formula is C24H28NO5P. The van der Waals surface area contributed by atoms with Gasteiger partial charge in [0.15, 0.2) is 0 Å². The predicted molar refractivity (Wildman–Crippen MR) is 123 cm³/mol. The van der Waals surface area contributed by atoms with Gasteiger partial charge in [-0.2, -0.15) is 0 Å². The summed E-state index contributed by atoms with van der Waals surface area (Å²) in [5, 5.41) is 5.09. The number of nitrogens with one attached hydrogen (secondary N) is 1. The van der Waals surface area contributed by atoms with Gasteiger partial charge in [0.25, 0.3) is 0 Å². The van der Waals surface area contributed by atoms with Crippen molar-refractivity contribution in [2.24, 2.45) is 0 Å². The molecule has 1 atom stereocenters. The highest BCUT2D eigenvalue weighted by atomic mass is 31.2. The Bertz CT molecular complexity index is 1070. The van der Waals surface area contributed by atoms with Gasteiger partial charge in [0, 0.05) is 6.54 Å². The van der Waals surface area contributed by atoms with E-state index in [1.165, 1.54) is 0 Å². The number of carbonyl (C=O) groups is 1. The summed E-state index contributed by atoms with van der Waals surface area (Å²) in [6.45, 7) is 3.67. The molecule has 0 fully saturated rings. The average Bonchev–Trinajstić information content (AvgIpc) is 2.73. The van der Waals surface area contributed by atoms with E-state index in [2.05, 4.69) is 17.4 Å². The van der Waals surface area contributed by atoms with Gasteiger partial charge in [-0.15, -0.1) is 0 Å². The number of hydrogen-bond donors (Lipinski definition) is 2. The fourth-order valence-electron chi connectivity index (χ4n) is 3.42. The highest BCUT2D eigenvalue weighted by molar-refractivity contribution is 7.47. The molecule has 0 heterocycles. The van der Waals surface area contributed by atoms with Crippen molar-refractivity contribution < 1.29 is 23.3 Å². The summed E-state index contributed by atoms with van der Waals surface area (Å²) in [7, 11) is -4.04. The lowest BCUT2D eigenvalue weighted by Gasteiger charge is -2.15. The van der Waals surface area contributed by atoms with E-state index in [-0.39, 0.29) is 18.9 Å². The van der Waals surface area contributed by atoms with Crippen LogP contribution >= 0.6 is 7.82 Å². The molecule has 7 heteroatoms. The summed E-state index contributed by atoms with van der Waals surface area (Å²) >= 11 is 0. The summed E-state index contributed by atoms with van der Waals surface area (Å²) in [6.07, 6.45) is 0.239. The van der Waals surface area contributed by atoms with E-state index in [0.717, 1.165) is 27.5 Å².